The maximum Gasteiger partial charge on any atom is 0.303 e. The summed E-state index contributed by atoms with van der Waals surface area (Å²) in [5.41, 5.74) is 2.21. The van der Waals surface area contributed by atoms with E-state index < -0.39 is 11.9 Å². The zero-order valence-electron chi connectivity index (χ0n) is 19.4. The fraction of sp³-hybridized carbons (Fsp3) is 0.455. The van der Waals surface area contributed by atoms with Crippen LogP contribution in [0, 0.1) is 0 Å². The highest BCUT2D eigenvalue weighted by molar-refractivity contribution is 5.96. The van der Waals surface area contributed by atoms with Gasteiger partial charge in [0.1, 0.15) is 11.4 Å². The number of hydrogen-bond donors (Lipinski definition) is 3. The van der Waals surface area contributed by atoms with Gasteiger partial charge in [-0.15, -0.1) is 10.2 Å². The van der Waals surface area contributed by atoms with Crippen LogP contribution in [0.4, 0.5) is 0 Å². The van der Waals surface area contributed by atoms with Crippen molar-refractivity contribution in [2.45, 2.75) is 58.5 Å². The minimum absolute atomic E-state index is 0.0985. The van der Waals surface area contributed by atoms with Gasteiger partial charge in [-0.2, -0.15) is 0 Å². The largest absolute Gasteiger partial charge is 0.481 e. The monoisotopic (exact) mass is 484 g/mol. The summed E-state index contributed by atoms with van der Waals surface area (Å²) in [5.74, 6) is -1.93. The molecule has 0 fully saturated rings. The Morgan fingerprint density at radius 1 is 0.800 bits per heavy atom. The molecule has 3 aromatic heterocycles. The van der Waals surface area contributed by atoms with Crippen LogP contribution in [0.5, 0.6) is 0 Å². The SMILES string of the molecule is CCNC(=O)c1cc(-c2cn(CCCCC(=O)O)nn2)nc(-c2cn(CCCCC(=O)O)nn2)c1. The number of nitrogens with zero attached hydrogens (tertiary/aromatic N) is 7. The summed E-state index contributed by atoms with van der Waals surface area (Å²) in [7, 11) is 0. The molecule has 0 spiro atoms. The topological polar surface area (TPSA) is 178 Å². The number of pyridine rings is 1. The van der Waals surface area contributed by atoms with Gasteiger partial charge in [0, 0.05) is 38.0 Å². The smallest absolute Gasteiger partial charge is 0.303 e. The Kier molecular flexibility index (Phi) is 8.98. The molecule has 0 saturated carbocycles. The normalized spacial score (nSPS) is 10.9. The summed E-state index contributed by atoms with van der Waals surface area (Å²) in [4.78, 5) is 38.5. The van der Waals surface area contributed by atoms with Crippen LogP contribution in [-0.4, -0.2) is 69.6 Å². The van der Waals surface area contributed by atoms with Crippen molar-refractivity contribution in [2.24, 2.45) is 0 Å². The van der Waals surface area contributed by atoms with E-state index in [0.717, 1.165) is 0 Å². The van der Waals surface area contributed by atoms with E-state index in [1.54, 1.807) is 33.9 Å². The summed E-state index contributed by atoms with van der Waals surface area (Å²) in [6.07, 6.45) is 5.95. The number of nitrogens with one attached hydrogen (secondary N) is 1. The number of rotatable bonds is 14. The maximum atomic E-state index is 12.6. The van der Waals surface area contributed by atoms with Gasteiger partial charge in [-0.25, -0.2) is 4.98 Å². The number of amides is 1. The number of unbranched alkanes of at least 4 members (excludes halogenated alkanes) is 2. The number of carbonyl (C=O) groups is 3. The van der Waals surface area contributed by atoms with Gasteiger partial charge < -0.3 is 15.5 Å². The predicted molar refractivity (Wildman–Crippen MR) is 123 cm³/mol. The van der Waals surface area contributed by atoms with Crippen molar-refractivity contribution in [3.8, 4) is 22.8 Å². The first-order valence-electron chi connectivity index (χ1n) is 11.4. The van der Waals surface area contributed by atoms with E-state index in [0.29, 0.717) is 73.7 Å². The molecule has 13 nitrogen and oxygen atoms in total. The van der Waals surface area contributed by atoms with Gasteiger partial charge >= 0.3 is 11.9 Å². The fourth-order valence-corrected chi connectivity index (χ4v) is 3.34. The number of carboxylic acids is 2. The van der Waals surface area contributed by atoms with Gasteiger partial charge in [0.15, 0.2) is 0 Å². The third-order valence-electron chi connectivity index (χ3n) is 5.08. The summed E-state index contributed by atoms with van der Waals surface area (Å²) >= 11 is 0. The lowest BCUT2D eigenvalue weighted by Gasteiger charge is -2.06. The zero-order valence-corrected chi connectivity index (χ0v) is 19.4. The molecule has 3 aromatic rings. The van der Waals surface area contributed by atoms with Crippen molar-refractivity contribution >= 4 is 17.8 Å². The average molecular weight is 485 g/mol. The van der Waals surface area contributed by atoms with Crippen molar-refractivity contribution in [3.05, 3.63) is 30.1 Å². The Balaban J connectivity index is 1.79. The first kappa shape index (κ1) is 25.5. The highest BCUT2D eigenvalue weighted by Gasteiger charge is 2.16. The minimum atomic E-state index is -0.833. The second-order valence-corrected chi connectivity index (χ2v) is 7.92. The molecule has 35 heavy (non-hydrogen) atoms. The summed E-state index contributed by atoms with van der Waals surface area (Å²) in [5, 5.41) is 36.8. The highest BCUT2D eigenvalue weighted by atomic mass is 16.4. The second kappa shape index (κ2) is 12.3. The number of carbonyl (C=O) groups excluding carboxylic acids is 1. The molecule has 0 bridgehead atoms. The van der Waals surface area contributed by atoms with Gasteiger partial charge in [-0.05, 0) is 44.7 Å². The molecule has 0 radical (unpaired) electrons. The Labute approximate surface area is 201 Å². The molecule has 1 amide bonds. The lowest BCUT2D eigenvalue weighted by Crippen LogP contribution is -2.22. The van der Waals surface area contributed by atoms with E-state index in [1.807, 2.05) is 6.92 Å². The highest BCUT2D eigenvalue weighted by Crippen LogP contribution is 2.23. The lowest BCUT2D eigenvalue weighted by atomic mass is 10.1. The van der Waals surface area contributed by atoms with Gasteiger partial charge in [0.05, 0.1) is 23.8 Å². The molecule has 0 unspecified atom stereocenters. The molecule has 3 heterocycles. The minimum Gasteiger partial charge on any atom is -0.481 e. The molecule has 3 N–H and O–H groups in total. The van der Waals surface area contributed by atoms with Crippen molar-refractivity contribution in [1.82, 2.24) is 40.3 Å². The molecule has 0 aromatic carbocycles. The molecule has 0 saturated heterocycles. The molecular formula is C22H28N8O5. The number of aryl methyl sites for hydroxylation is 2. The molecular weight excluding hydrogens is 456 g/mol. The van der Waals surface area contributed by atoms with Crippen molar-refractivity contribution < 1.29 is 24.6 Å². The van der Waals surface area contributed by atoms with E-state index in [1.165, 1.54) is 0 Å². The third-order valence-corrected chi connectivity index (χ3v) is 5.08. The standard InChI is InChI=1S/C22H28N8O5/c1-2-23-22(35)15-11-16(18-13-29(27-25-18)9-5-3-7-20(31)32)24-17(12-15)19-14-30(28-26-19)10-6-4-8-21(33)34/h11-14H,2-10H2,1H3,(H,23,35)(H,31,32)(H,33,34). The first-order valence-corrected chi connectivity index (χ1v) is 11.4. The Morgan fingerprint density at radius 3 is 1.71 bits per heavy atom. The van der Waals surface area contributed by atoms with E-state index in [9.17, 15) is 14.4 Å². The summed E-state index contributed by atoms with van der Waals surface area (Å²) < 4.78 is 3.23. The van der Waals surface area contributed by atoms with Crippen LogP contribution in [0.2, 0.25) is 0 Å². The van der Waals surface area contributed by atoms with Crippen LogP contribution in [-0.2, 0) is 22.7 Å². The molecule has 3 rings (SSSR count). The second-order valence-electron chi connectivity index (χ2n) is 7.92. The van der Waals surface area contributed by atoms with Gasteiger partial charge in [0.2, 0.25) is 0 Å². The van der Waals surface area contributed by atoms with Crippen LogP contribution >= 0.6 is 0 Å². The van der Waals surface area contributed by atoms with Gasteiger partial charge in [0.25, 0.3) is 5.91 Å². The van der Waals surface area contributed by atoms with Crippen LogP contribution in [0.15, 0.2) is 24.5 Å². The van der Waals surface area contributed by atoms with Crippen molar-refractivity contribution in [2.75, 3.05) is 6.54 Å². The lowest BCUT2D eigenvalue weighted by molar-refractivity contribution is -0.138. The van der Waals surface area contributed by atoms with E-state index >= 15 is 0 Å². The van der Waals surface area contributed by atoms with Crippen molar-refractivity contribution in [3.63, 3.8) is 0 Å². The molecule has 186 valence electrons. The first-order chi connectivity index (χ1) is 16.9. The Bertz CT molecular complexity index is 1090. The Hall–Kier alpha value is -4.16. The van der Waals surface area contributed by atoms with Crippen LogP contribution in [0.3, 0.4) is 0 Å². The molecule has 0 aliphatic rings. The Morgan fingerprint density at radius 2 is 1.29 bits per heavy atom. The molecule has 0 aliphatic carbocycles. The quantitative estimate of drug-likeness (QED) is 0.286. The molecule has 0 atom stereocenters. The van der Waals surface area contributed by atoms with Crippen LogP contribution in [0.25, 0.3) is 22.8 Å². The van der Waals surface area contributed by atoms with Gasteiger partial charge in [-0.1, -0.05) is 10.4 Å². The number of hydrogen-bond acceptors (Lipinski definition) is 8. The summed E-state index contributed by atoms with van der Waals surface area (Å²) in [6.45, 7) is 3.32. The van der Waals surface area contributed by atoms with E-state index in [2.05, 4.69) is 30.9 Å². The molecule has 13 heteroatoms. The van der Waals surface area contributed by atoms with E-state index in [-0.39, 0.29) is 18.7 Å². The zero-order chi connectivity index (χ0) is 25.2. The van der Waals surface area contributed by atoms with Crippen LogP contribution < -0.4 is 5.32 Å². The third kappa shape index (κ3) is 7.69. The number of aliphatic carboxylic acids is 2. The number of carboxylic acid groups (broad SMARTS) is 2. The van der Waals surface area contributed by atoms with Gasteiger partial charge in [-0.3, -0.25) is 23.7 Å². The summed E-state index contributed by atoms with van der Waals surface area (Å²) in [6, 6.07) is 3.26. The number of aromatic nitrogens is 7. The van der Waals surface area contributed by atoms with Crippen LogP contribution in [0.1, 0.15) is 55.8 Å². The average Bonchev–Trinajstić information content (AvgIpc) is 3.49. The molecule has 0 aliphatic heterocycles. The van der Waals surface area contributed by atoms with Crippen molar-refractivity contribution in [1.29, 1.82) is 0 Å². The maximum absolute atomic E-state index is 12.6. The fourth-order valence-electron chi connectivity index (χ4n) is 3.34. The van der Waals surface area contributed by atoms with E-state index in [4.69, 9.17) is 10.2 Å². The predicted octanol–water partition coefficient (Wildman–Crippen LogP) is 1.86.